The summed E-state index contributed by atoms with van der Waals surface area (Å²) in [6.45, 7) is 3.73. The molecular formula is C23H32N2O5S. The molecule has 2 fully saturated rings. The first-order valence-electron chi connectivity index (χ1n) is 11.0. The molecule has 2 heterocycles. The van der Waals surface area contributed by atoms with Crippen LogP contribution < -0.4 is 5.32 Å². The van der Waals surface area contributed by atoms with Crippen LogP contribution in [0.5, 0.6) is 0 Å². The molecule has 2 aliphatic heterocycles. The second-order valence-electron chi connectivity index (χ2n) is 8.26. The van der Waals surface area contributed by atoms with Crippen LogP contribution in [0.3, 0.4) is 0 Å². The number of aryl methyl sites for hydroxylation is 1. The van der Waals surface area contributed by atoms with Gasteiger partial charge in [0.25, 0.3) is 0 Å². The van der Waals surface area contributed by atoms with Crippen molar-refractivity contribution in [3.63, 3.8) is 0 Å². The van der Waals surface area contributed by atoms with Gasteiger partial charge in [0, 0.05) is 11.8 Å². The van der Waals surface area contributed by atoms with Crippen LogP contribution in [0.15, 0.2) is 30.3 Å². The fraction of sp³-hybridized carbons (Fsp3) is 0.609. The van der Waals surface area contributed by atoms with Crippen molar-refractivity contribution in [1.29, 1.82) is 0 Å². The van der Waals surface area contributed by atoms with Crippen LogP contribution in [0.25, 0.3) is 0 Å². The maximum absolute atomic E-state index is 13.4. The second-order valence-corrected chi connectivity index (χ2v) is 9.33. The normalized spacial score (nSPS) is 24.8. The fourth-order valence-corrected chi connectivity index (χ4v) is 6.04. The lowest BCUT2D eigenvalue weighted by molar-refractivity contribution is -0.157. The Morgan fingerprint density at radius 1 is 1.23 bits per heavy atom. The maximum Gasteiger partial charge on any atom is 0.326 e. The highest BCUT2D eigenvalue weighted by molar-refractivity contribution is 7.99. The summed E-state index contributed by atoms with van der Waals surface area (Å²) >= 11 is 1.78. The van der Waals surface area contributed by atoms with Gasteiger partial charge in [-0.15, -0.1) is 0 Å². The Hall–Kier alpha value is -2.06. The van der Waals surface area contributed by atoms with Crippen molar-refractivity contribution in [1.82, 2.24) is 10.2 Å². The molecule has 1 aromatic carbocycles. The Morgan fingerprint density at radius 3 is 2.65 bits per heavy atom. The van der Waals surface area contributed by atoms with Gasteiger partial charge in [-0.3, -0.25) is 14.9 Å². The molecule has 0 bridgehead atoms. The Balaban J connectivity index is 1.71. The molecule has 0 radical (unpaired) electrons. The number of piperidine rings is 1. The smallest absolute Gasteiger partial charge is 0.326 e. The summed E-state index contributed by atoms with van der Waals surface area (Å²) in [5, 5.41) is 12.9. The minimum Gasteiger partial charge on any atom is -0.480 e. The number of carboxylic acids is 1. The number of esters is 1. The molecule has 0 saturated carbocycles. The van der Waals surface area contributed by atoms with E-state index in [-0.39, 0.29) is 24.5 Å². The van der Waals surface area contributed by atoms with E-state index in [1.807, 2.05) is 30.3 Å². The van der Waals surface area contributed by atoms with Gasteiger partial charge in [-0.1, -0.05) is 30.3 Å². The lowest BCUT2D eigenvalue weighted by atomic mass is 9.87. The number of benzene rings is 1. The highest BCUT2D eigenvalue weighted by Gasteiger charge is 2.46. The van der Waals surface area contributed by atoms with Gasteiger partial charge < -0.3 is 14.7 Å². The summed E-state index contributed by atoms with van der Waals surface area (Å²) in [6, 6.07) is 7.66. The van der Waals surface area contributed by atoms with Crippen LogP contribution >= 0.6 is 11.8 Å². The Morgan fingerprint density at radius 2 is 1.97 bits per heavy atom. The molecule has 5 atom stereocenters. The van der Waals surface area contributed by atoms with E-state index in [2.05, 4.69) is 5.32 Å². The van der Waals surface area contributed by atoms with Crippen LogP contribution in [0, 0.1) is 5.92 Å². The van der Waals surface area contributed by atoms with E-state index in [4.69, 9.17) is 4.74 Å². The van der Waals surface area contributed by atoms with E-state index < -0.39 is 24.1 Å². The maximum atomic E-state index is 13.4. The van der Waals surface area contributed by atoms with Crippen molar-refractivity contribution in [2.75, 3.05) is 18.1 Å². The number of nitrogens with one attached hydrogen (secondary N) is 1. The predicted octanol–water partition coefficient (Wildman–Crippen LogP) is 2.34. The monoisotopic (exact) mass is 448 g/mol. The van der Waals surface area contributed by atoms with Gasteiger partial charge in [0.05, 0.1) is 12.6 Å². The first kappa shape index (κ1) is 23.6. The molecule has 170 valence electrons. The topological polar surface area (TPSA) is 95.9 Å². The molecule has 1 aromatic rings. The molecule has 8 heteroatoms. The van der Waals surface area contributed by atoms with Crippen molar-refractivity contribution in [2.45, 2.75) is 63.7 Å². The van der Waals surface area contributed by atoms with Crippen LogP contribution in [-0.2, 0) is 25.5 Å². The minimum absolute atomic E-state index is 0.0537. The number of hydrogen-bond donors (Lipinski definition) is 2. The van der Waals surface area contributed by atoms with E-state index in [1.165, 1.54) is 0 Å². The minimum atomic E-state index is -0.957. The molecule has 7 nitrogen and oxygen atoms in total. The number of aliphatic carboxylic acids is 1. The van der Waals surface area contributed by atoms with Crippen molar-refractivity contribution in [3.8, 4) is 0 Å². The molecule has 31 heavy (non-hydrogen) atoms. The summed E-state index contributed by atoms with van der Waals surface area (Å²) in [7, 11) is 0. The van der Waals surface area contributed by atoms with Crippen LogP contribution in [-0.4, -0.2) is 70.1 Å². The summed E-state index contributed by atoms with van der Waals surface area (Å²) in [4.78, 5) is 39.4. The van der Waals surface area contributed by atoms with Crippen LogP contribution in [0.2, 0.25) is 0 Å². The predicted molar refractivity (Wildman–Crippen MR) is 120 cm³/mol. The van der Waals surface area contributed by atoms with Gasteiger partial charge in [0.1, 0.15) is 12.1 Å². The fourth-order valence-electron chi connectivity index (χ4n) is 4.54. The van der Waals surface area contributed by atoms with E-state index >= 15 is 0 Å². The third kappa shape index (κ3) is 5.80. The van der Waals surface area contributed by atoms with Gasteiger partial charge in [-0.2, -0.15) is 11.8 Å². The largest absolute Gasteiger partial charge is 0.480 e. The molecular weight excluding hydrogens is 416 g/mol. The van der Waals surface area contributed by atoms with E-state index in [1.54, 1.807) is 30.5 Å². The highest BCUT2D eigenvalue weighted by atomic mass is 32.2. The Bertz CT molecular complexity index is 774. The molecule has 2 saturated heterocycles. The van der Waals surface area contributed by atoms with E-state index in [0.717, 1.165) is 23.5 Å². The van der Waals surface area contributed by atoms with Crippen molar-refractivity contribution >= 4 is 29.6 Å². The second kappa shape index (κ2) is 11.0. The highest BCUT2D eigenvalue weighted by Crippen LogP contribution is 2.38. The number of ether oxygens (including phenoxy) is 1. The zero-order valence-corrected chi connectivity index (χ0v) is 19.0. The third-order valence-corrected chi connectivity index (χ3v) is 7.41. The lowest BCUT2D eigenvalue weighted by Gasteiger charge is -2.43. The zero-order chi connectivity index (χ0) is 22.4. The van der Waals surface area contributed by atoms with Crippen LogP contribution in [0.4, 0.5) is 0 Å². The van der Waals surface area contributed by atoms with E-state index in [0.29, 0.717) is 25.2 Å². The van der Waals surface area contributed by atoms with Gasteiger partial charge in [0.15, 0.2) is 0 Å². The zero-order valence-electron chi connectivity index (χ0n) is 18.2. The number of amides is 1. The Kier molecular flexibility index (Phi) is 8.37. The summed E-state index contributed by atoms with van der Waals surface area (Å²) in [5.74, 6) is 0.477. The van der Waals surface area contributed by atoms with Crippen LogP contribution in [0.1, 0.15) is 38.7 Å². The number of nitrogens with zero attached hydrogens (tertiary/aromatic N) is 1. The first-order chi connectivity index (χ1) is 14.9. The average Bonchev–Trinajstić information content (AvgIpc) is 3.25. The van der Waals surface area contributed by atoms with Gasteiger partial charge in [-0.05, 0) is 56.8 Å². The number of likely N-dealkylation sites (tertiary alicyclic amines) is 1. The van der Waals surface area contributed by atoms with E-state index in [9.17, 15) is 19.5 Å². The molecule has 2 aliphatic rings. The molecule has 4 unspecified atom stereocenters. The number of rotatable bonds is 9. The first-order valence-corrected chi connectivity index (χ1v) is 12.2. The Labute approximate surface area is 187 Å². The molecule has 3 rings (SSSR count). The number of hydrogen-bond acceptors (Lipinski definition) is 6. The van der Waals surface area contributed by atoms with Gasteiger partial charge in [0.2, 0.25) is 5.91 Å². The number of thioether (sulfide) groups is 1. The van der Waals surface area contributed by atoms with Gasteiger partial charge in [-0.25, -0.2) is 4.79 Å². The van der Waals surface area contributed by atoms with Gasteiger partial charge >= 0.3 is 11.9 Å². The quantitative estimate of drug-likeness (QED) is 0.560. The summed E-state index contributed by atoms with van der Waals surface area (Å²) in [5.41, 5.74) is 1.10. The summed E-state index contributed by atoms with van der Waals surface area (Å²) < 4.78 is 5.22. The number of carbonyl (C=O) groups excluding carboxylic acids is 2. The molecule has 0 aliphatic carbocycles. The molecule has 2 N–H and O–H groups in total. The third-order valence-electron chi connectivity index (χ3n) is 6.17. The average molecular weight is 449 g/mol. The number of fused-ring (bicyclic) bond motifs is 1. The number of carbonyl (C=O) groups is 3. The molecule has 0 spiro atoms. The standard InChI is InChI=1S/C23H32N2O5S/c1-3-30-23(29)18(11-9-16-7-5-4-6-8-16)24-15(2)21(26)25-19(22(27)28)12-10-17-13-31-14-20(17)25/h4-8,15,17-20,24H,3,9-14H2,1-2H3,(H,27,28)/t15-,17?,18?,19?,20?/m0/s1. The summed E-state index contributed by atoms with van der Waals surface area (Å²) in [6.07, 6.45) is 2.47. The molecule has 0 aromatic heterocycles. The van der Waals surface area contributed by atoms with Crippen molar-refractivity contribution in [2.24, 2.45) is 5.92 Å². The van der Waals surface area contributed by atoms with Crippen molar-refractivity contribution < 1.29 is 24.2 Å². The lowest BCUT2D eigenvalue weighted by Crippen LogP contribution is -2.61. The number of carboxylic acid groups (broad SMARTS) is 1. The SMILES string of the molecule is CCOC(=O)C(CCc1ccccc1)N[C@@H](C)C(=O)N1C(C(=O)O)CCC2CSCC21. The molecule has 1 amide bonds. The van der Waals surface area contributed by atoms with Crippen molar-refractivity contribution in [3.05, 3.63) is 35.9 Å².